The molecule has 0 saturated heterocycles. The number of carbonyl (C=O) groups is 1. The third-order valence-electron chi connectivity index (χ3n) is 4.81. The number of nitrogens with two attached hydrogens (primary N) is 1. The summed E-state index contributed by atoms with van der Waals surface area (Å²) in [5.74, 6) is 1.32. The van der Waals surface area contributed by atoms with E-state index >= 15 is 0 Å². The van der Waals surface area contributed by atoms with Crippen molar-refractivity contribution in [3.05, 3.63) is 40.4 Å². The number of thiocarbonyl (C=S) groups is 1. The summed E-state index contributed by atoms with van der Waals surface area (Å²) in [6.45, 7) is 6.17. The van der Waals surface area contributed by atoms with Crippen molar-refractivity contribution in [1.29, 1.82) is 0 Å². The molecule has 1 unspecified atom stereocenters. The molecule has 4 rings (SSSR count). The van der Waals surface area contributed by atoms with Crippen LogP contribution in [0, 0.1) is 12.3 Å². The minimum atomic E-state index is -0.159. The SMILES string of the molecule is Cc1ccc2n1C(N)=C1C(=S)OC3=C(C(=O)CC(C)(C)C3)C12. The van der Waals surface area contributed by atoms with Gasteiger partial charge in [0.2, 0.25) is 0 Å². The molecular weight excluding hydrogens is 296 g/mol. The molecule has 0 saturated carbocycles. The molecule has 1 aliphatic carbocycles. The molecule has 2 aliphatic heterocycles. The van der Waals surface area contributed by atoms with Gasteiger partial charge in [-0.1, -0.05) is 13.8 Å². The number of hydrogen-bond donors (Lipinski definition) is 1. The maximum Gasteiger partial charge on any atom is 0.198 e. The van der Waals surface area contributed by atoms with Crippen molar-refractivity contribution in [3.63, 3.8) is 0 Å². The lowest BCUT2D eigenvalue weighted by Crippen LogP contribution is -2.34. The van der Waals surface area contributed by atoms with Gasteiger partial charge in [0.25, 0.3) is 0 Å². The van der Waals surface area contributed by atoms with Gasteiger partial charge in [-0.05, 0) is 36.7 Å². The van der Waals surface area contributed by atoms with E-state index in [4.69, 9.17) is 22.7 Å². The molecule has 0 bridgehead atoms. The lowest BCUT2D eigenvalue weighted by molar-refractivity contribution is -0.118. The third kappa shape index (κ3) is 1.63. The van der Waals surface area contributed by atoms with Crippen molar-refractivity contribution in [2.24, 2.45) is 11.1 Å². The smallest absolute Gasteiger partial charge is 0.198 e. The zero-order chi connectivity index (χ0) is 15.8. The first-order valence-corrected chi connectivity index (χ1v) is 7.88. The number of fused-ring (bicyclic) bond motifs is 4. The minimum Gasteiger partial charge on any atom is -0.449 e. The molecule has 22 heavy (non-hydrogen) atoms. The summed E-state index contributed by atoms with van der Waals surface area (Å²) in [7, 11) is 0. The van der Waals surface area contributed by atoms with Crippen molar-refractivity contribution < 1.29 is 9.53 Å². The average molecular weight is 314 g/mol. The van der Waals surface area contributed by atoms with Crippen LogP contribution >= 0.6 is 12.2 Å². The van der Waals surface area contributed by atoms with Crippen LogP contribution in [0.2, 0.25) is 0 Å². The summed E-state index contributed by atoms with van der Waals surface area (Å²) in [5, 5.41) is 0.412. The number of rotatable bonds is 0. The highest BCUT2D eigenvalue weighted by Crippen LogP contribution is 2.51. The summed E-state index contributed by atoms with van der Waals surface area (Å²) in [5.41, 5.74) is 9.81. The van der Waals surface area contributed by atoms with E-state index in [2.05, 4.69) is 13.8 Å². The second-order valence-electron chi connectivity index (χ2n) is 7.13. The Morgan fingerprint density at radius 2 is 2.05 bits per heavy atom. The van der Waals surface area contributed by atoms with Crippen molar-refractivity contribution in [1.82, 2.24) is 4.57 Å². The molecule has 1 atom stereocenters. The molecule has 0 amide bonds. The second-order valence-corrected chi connectivity index (χ2v) is 7.51. The molecular formula is C17H18N2O2S. The predicted molar refractivity (Wildman–Crippen MR) is 88.0 cm³/mol. The number of ether oxygens (including phenoxy) is 1. The molecule has 1 aromatic rings. The van der Waals surface area contributed by atoms with Crippen LogP contribution in [0.25, 0.3) is 5.82 Å². The first-order valence-electron chi connectivity index (χ1n) is 7.47. The van der Waals surface area contributed by atoms with E-state index in [-0.39, 0.29) is 17.1 Å². The molecule has 0 spiro atoms. The normalized spacial score (nSPS) is 25.9. The van der Waals surface area contributed by atoms with Gasteiger partial charge in [0, 0.05) is 29.8 Å². The number of nitrogens with zero attached hydrogens (tertiary/aromatic N) is 1. The number of aryl methyl sites for hydroxylation is 1. The van der Waals surface area contributed by atoms with Crippen molar-refractivity contribution in [2.75, 3.05) is 0 Å². The van der Waals surface area contributed by atoms with Crippen molar-refractivity contribution in [2.45, 2.75) is 39.5 Å². The number of Topliss-reactive ketones (excluding diaryl/α,β-unsaturated/α-hetero) is 1. The number of ketones is 1. The Labute approximate surface area is 134 Å². The molecule has 1 aromatic heterocycles. The molecule has 114 valence electrons. The lowest BCUT2D eigenvalue weighted by Gasteiger charge is -2.37. The number of allylic oxidation sites excluding steroid dienone is 2. The fourth-order valence-electron chi connectivity index (χ4n) is 3.90. The van der Waals surface area contributed by atoms with Crippen LogP contribution < -0.4 is 5.73 Å². The first-order chi connectivity index (χ1) is 10.3. The summed E-state index contributed by atoms with van der Waals surface area (Å²) in [4.78, 5) is 12.8. The summed E-state index contributed by atoms with van der Waals surface area (Å²) >= 11 is 5.44. The Balaban J connectivity index is 1.97. The van der Waals surface area contributed by atoms with Crippen molar-refractivity contribution >= 4 is 28.9 Å². The van der Waals surface area contributed by atoms with Crippen LogP contribution in [-0.2, 0) is 9.53 Å². The Kier molecular flexibility index (Phi) is 2.57. The zero-order valence-corrected chi connectivity index (χ0v) is 13.7. The van der Waals surface area contributed by atoms with Crippen molar-refractivity contribution in [3.8, 4) is 0 Å². The highest BCUT2D eigenvalue weighted by atomic mass is 32.1. The second kappa shape index (κ2) is 4.10. The Bertz CT molecular complexity index is 811. The van der Waals surface area contributed by atoms with E-state index in [1.807, 2.05) is 23.6 Å². The van der Waals surface area contributed by atoms with Crippen LogP contribution in [-0.4, -0.2) is 15.4 Å². The Morgan fingerprint density at radius 3 is 2.77 bits per heavy atom. The molecule has 0 radical (unpaired) electrons. The van der Waals surface area contributed by atoms with Gasteiger partial charge in [0.1, 0.15) is 11.6 Å². The largest absolute Gasteiger partial charge is 0.449 e. The van der Waals surface area contributed by atoms with Gasteiger partial charge >= 0.3 is 0 Å². The van der Waals surface area contributed by atoms with Crippen LogP contribution in [0.1, 0.15) is 44.0 Å². The standard InChI is InChI=1S/C17H18N2O2S/c1-8-4-5-9-12-13-10(20)6-17(2,3)7-11(13)21-16(22)14(12)15(18)19(8)9/h4-5,12H,6-7,18H2,1-3H3. The van der Waals surface area contributed by atoms with E-state index < -0.39 is 0 Å². The molecule has 3 aliphatic rings. The minimum absolute atomic E-state index is 0.0885. The highest BCUT2D eigenvalue weighted by molar-refractivity contribution is 7.80. The number of aromatic nitrogens is 1. The van der Waals surface area contributed by atoms with E-state index in [0.717, 1.165) is 34.7 Å². The van der Waals surface area contributed by atoms with Gasteiger partial charge in [-0.3, -0.25) is 4.79 Å². The van der Waals surface area contributed by atoms with E-state index in [9.17, 15) is 4.79 Å². The first kappa shape index (κ1) is 13.8. The molecule has 0 aromatic carbocycles. The van der Waals surface area contributed by atoms with E-state index in [1.165, 1.54) is 0 Å². The molecule has 2 N–H and O–H groups in total. The van der Waals surface area contributed by atoms with Crippen LogP contribution in [0.15, 0.2) is 29.0 Å². The molecule has 0 fully saturated rings. The Hall–Kier alpha value is -1.88. The summed E-state index contributed by atoms with van der Waals surface area (Å²) < 4.78 is 7.84. The Morgan fingerprint density at radius 1 is 1.32 bits per heavy atom. The van der Waals surface area contributed by atoms with Crippen LogP contribution in [0.4, 0.5) is 0 Å². The fraction of sp³-hybridized carbons (Fsp3) is 0.412. The summed E-state index contributed by atoms with van der Waals surface area (Å²) in [6.07, 6.45) is 1.27. The zero-order valence-electron chi connectivity index (χ0n) is 12.9. The topological polar surface area (TPSA) is 57.2 Å². The van der Waals surface area contributed by atoms with Gasteiger partial charge in [-0.25, -0.2) is 0 Å². The predicted octanol–water partition coefficient (Wildman–Crippen LogP) is 3.02. The molecule has 5 heteroatoms. The fourth-order valence-corrected chi connectivity index (χ4v) is 4.22. The monoisotopic (exact) mass is 314 g/mol. The van der Waals surface area contributed by atoms with Crippen LogP contribution in [0.5, 0.6) is 0 Å². The quantitative estimate of drug-likeness (QED) is 0.748. The molecule has 3 heterocycles. The maximum absolute atomic E-state index is 12.8. The van der Waals surface area contributed by atoms with Gasteiger partial charge in [-0.2, -0.15) is 0 Å². The average Bonchev–Trinajstić information content (AvgIpc) is 2.89. The van der Waals surface area contributed by atoms with E-state index in [0.29, 0.717) is 17.3 Å². The lowest BCUT2D eigenvalue weighted by atomic mass is 9.71. The number of carbonyl (C=O) groups excluding carboxylic acids is 1. The molecule has 4 nitrogen and oxygen atoms in total. The van der Waals surface area contributed by atoms with Gasteiger partial charge in [-0.15, -0.1) is 0 Å². The summed E-state index contributed by atoms with van der Waals surface area (Å²) in [6, 6.07) is 4.06. The van der Waals surface area contributed by atoms with Gasteiger partial charge in [0.05, 0.1) is 11.5 Å². The maximum atomic E-state index is 12.8. The van der Waals surface area contributed by atoms with Gasteiger partial charge < -0.3 is 15.0 Å². The highest BCUT2D eigenvalue weighted by Gasteiger charge is 2.47. The van der Waals surface area contributed by atoms with Gasteiger partial charge in [0.15, 0.2) is 10.8 Å². The van der Waals surface area contributed by atoms with E-state index in [1.54, 1.807) is 0 Å². The third-order valence-corrected chi connectivity index (χ3v) is 5.11. The number of hydrogen-bond acceptors (Lipinski definition) is 4. The van der Waals surface area contributed by atoms with Crippen LogP contribution in [0.3, 0.4) is 0 Å².